The van der Waals surface area contributed by atoms with E-state index in [-0.39, 0.29) is 4.93 Å². The molecule has 0 aliphatic rings. The molecule has 4 heteroatoms. The Kier molecular flexibility index (Phi) is 7.29. The molecular weight excluding hydrogens is 334 g/mol. The van der Waals surface area contributed by atoms with E-state index in [0.29, 0.717) is 5.92 Å². The van der Waals surface area contributed by atoms with Crippen molar-refractivity contribution in [1.29, 1.82) is 5.26 Å². The van der Waals surface area contributed by atoms with E-state index in [2.05, 4.69) is 69.9 Å². The molecule has 0 saturated heterocycles. The highest BCUT2D eigenvalue weighted by Crippen LogP contribution is 2.51. The summed E-state index contributed by atoms with van der Waals surface area (Å²) in [7, 11) is -1.15. The van der Waals surface area contributed by atoms with E-state index in [9.17, 15) is 5.26 Å². The standard InChI is InChI=1S/C20H33NOS2/c1-9-20(5,23-6)22-24(7,8)14-16(2)17-11-10-12-18(13-17)19(3,4)15-21/h10-13,16H,9,14H2,1-8H3. The first kappa shape index (κ1) is 21.4. The van der Waals surface area contributed by atoms with Crippen LogP contribution >= 0.6 is 22.1 Å². The van der Waals surface area contributed by atoms with E-state index in [4.69, 9.17) is 4.18 Å². The van der Waals surface area contributed by atoms with E-state index in [1.165, 1.54) is 5.56 Å². The lowest BCUT2D eigenvalue weighted by molar-refractivity contribution is 0.210. The van der Waals surface area contributed by atoms with Crippen molar-refractivity contribution < 1.29 is 4.18 Å². The summed E-state index contributed by atoms with van der Waals surface area (Å²) < 4.78 is 6.53. The molecule has 0 fully saturated rings. The quantitative estimate of drug-likeness (QED) is 0.522. The number of hydrogen-bond donors (Lipinski definition) is 0. The molecule has 0 aliphatic carbocycles. The molecule has 24 heavy (non-hydrogen) atoms. The van der Waals surface area contributed by atoms with Crippen LogP contribution in [0.5, 0.6) is 0 Å². The van der Waals surface area contributed by atoms with E-state index < -0.39 is 15.7 Å². The first-order chi connectivity index (χ1) is 11.0. The number of nitriles is 1. The number of rotatable bonds is 8. The second kappa shape index (κ2) is 8.17. The van der Waals surface area contributed by atoms with Gasteiger partial charge in [-0.05, 0) is 63.0 Å². The first-order valence-electron chi connectivity index (χ1n) is 8.47. The van der Waals surface area contributed by atoms with Gasteiger partial charge in [-0.25, -0.2) is 0 Å². The van der Waals surface area contributed by atoms with Crippen LogP contribution in [0.2, 0.25) is 0 Å². The Labute approximate surface area is 154 Å². The van der Waals surface area contributed by atoms with E-state index in [0.717, 1.165) is 17.7 Å². The van der Waals surface area contributed by atoms with Gasteiger partial charge < -0.3 is 4.18 Å². The Hall–Kier alpha value is -0.630. The molecular formula is C20H33NOS2. The lowest BCUT2D eigenvalue weighted by Crippen LogP contribution is -2.27. The van der Waals surface area contributed by atoms with E-state index >= 15 is 0 Å². The molecule has 1 rings (SSSR count). The van der Waals surface area contributed by atoms with E-state index in [1.807, 2.05) is 13.8 Å². The van der Waals surface area contributed by atoms with Crippen LogP contribution in [0.25, 0.3) is 0 Å². The molecule has 1 aromatic carbocycles. The zero-order chi connectivity index (χ0) is 18.6. The highest BCUT2D eigenvalue weighted by Gasteiger charge is 2.30. The molecule has 0 saturated carbocycles. The summed E-state index contributed by atoms with van der Waals surface area (Å²) in [6.45, 7) is 10.6. The summed E-state index contributed by atoms with van der Waals surface area (Å²) in [5, 5.41) is 9.38. The molecule has 0 N–H and O–H groups in total. The molecule has 0 bridgehead atoms. The minimum Gasteiger partial charge on any atom is -0.320 e. The van der Waals surface area contributed by atoms with Crippen LogP contribution in [-0.2, 0) is 9.60 Å². The molecule has 0 radical (unpaired) electrons. The van der Waals surface area contributed by atoms with Gasteiger partial charge in [0.25, 0.3) is 0 Å². The maximum atomic E-state index is 9.38. The highest BCUT2D eigenvalue weighted by molar-refractivity contribution is 8.29. The van der Waals surface area contributed by atoms with Gasteiger partial charge in [-0.15, -0.1) is 22.1 Å². The zero-order valence-corrected chi connectivity index (χ0v) is 18.1. The van der Waals surface area contributed by atoms with Crippen molar-refractivity contribution in [3.8, 4) is 6.07 Å². The molecule has 0 aliphatic heterocycles. The average Bonchev–Trinajstić information content (AvgIpc) is 2.53. The van der Waals surface area contributed by atoms with Crippen LogP contribution in [0.15, 0.2) is 24.3 Å². The molecule has 2 nitrogen and oxygen atoms in total. The summed E-state index contributed by atoms with van der Waals surface area (Å²) in [4.78, 5) is -0.108. The summed E-state index contributed by atoms with van der Waals surface area (Å²) >= 11 is 1.79. The predicted molar refractivity (Wildman–Crippen MR) is 111 cm³/mol. The topological polar surface area (TPSA) is 33.0 Å². The molecule has 0 amide bonds. The maximum Gasteiger partial charge on any atom is 0.122 e. The third kappa shape index (κ3) is 5.72. The fourth-order valence-corrected chi connectivity index (χ4v) is 6.40. The third-order valence-corrected chi connectivity index (χ3v) is 8.05. The highest BCUT2D eigenvalue weighted by atomic mass is 32.3. The predicted octanol–water partition coefficient (Wildman–Crippen LogP) is 6.08. The van der Waals surface area contributed by atoms with Gasteiger partial charge in [0.2, 0.25) is 0 Å². The summed E-state index contributed by atoms with van der Waals surface area (Å²) in [5.41, 5.74) is 1.93. The van der Waals surface area contributed by atoms with Crippen molar-refractivity contribution in [3.63, 3.8) is 0 Å². The lowest BCUT2D eigenvalue weighted by atomic mass is 9.84. The molecule has 0 spiro atoms. The summed E-state index contributed by atoms with van der Waals surface area (Å²) in [6.07, 6.45) is 7.65. The Morgan fingerprint density at radius 1 is 1.29 bits per heavy atom. The van der Waals surface area contributed by atoms with Gasteiger partial charge >= 0.3 is 0 Å². The second-order valence-corrected chi connectivity index (χ2v) is 12.3. The van der Waals surface area contributed by atoms with Crippen molar-refractivity contribution in [2.24, 2.45) is 0 Å². The fraction of sp³-hybridized carbons (Fsp3) is 0.650. The number of benzene rings is 1. The van der Waals surface area contributed by atoms with Crippen LogP contribution in [0.1, 0.15) is 58.1 Å². The molecule has 2 atom stereocenters. The number of hydrogen-bond acceptors (Lipinski definition) is 3. The van der Waals surface area contributed by atoms with Gasteiger partial charge in [0.15, 0.2) is 0 Å². The van der Waals surface area contributed by atoms with Gasteiger partial charge in [-0.3, -0.25) is 0 Å². The minimum atomic E-state index is -1.15. The molecule has 2 unspecified atom stereocenters. The molecule has 1 aromatic rings. The Morgan fingerprint density at radius 2 is 1.92 bits per heavy atom. The second-order valence-electron chi connectivity index (χ2n) is 7.64. The first-order valence-corrected chi connectivity index (χ1v) is 12.2. The minimum absolute atomic E-state index is 0.108. The van der Waals surface area contributed by atoms with Crippen molar-refractivity contribution in [2.45, 2.75) is 57.3 Å². The number of thioether (sulfide) groups is 1. The van der Waals surface area contributed by atoms with Gasteiger partial charge in [-0.1, -0.05) is 38.1 Å². The summed E-state index contributed by atoms with van der Waals surface area (Å²) in [5.74, 6) is 1.44. The SMILES string of the molecule is CCC(C)(OS(C)(C)CC(C)c1cccc(C(C)(C)C#N)c1)SC. The average molecular weight is 368 g/mol. The van der Waals surface area contributed by atoms with Crippen LogP contribution in [0.4, 0.5) is 0 Å². The number of nitrogens with zero attached hydrogens (tertiary/aromatic N) is 1. The normalized spacial score (nSPS) is 17.0. The lowest BCUT2D eigenvalue weighted by Gasteiger charge is -2.41. The van der Waals surface area contributed by atoms with Crippen LogP contribution < -0.4 is 0 Å². The van der Waals surface area contributed by atoms with Crippen molar-refractivity contribution >= 4 is 22.1 Å². The smallest absolute Gasteiger partial charge is 0.122 e. The van der Waals surface area contributed by atoms with Gasteiger partial charge in [0.1, 0.15) is 4.93 Å². The molecule has 0 aromatic heterocycles. The Morgan fingerprint density at radius 3 is 2.42 bits per heavy atom. The summed E-state index contributed by atoms with van der Waals surface area (Å²) in [6, 6.07) is 10.9. The monoisotopic (exact) mass is 367 g/mol. The third-order valence-electron chi connectivity index (χ3n) is 4.58. The molecule has 0 heterocycles. The van der Waals surface area contributed by atoms with Crippen LogP contribution in [0.3, 0.4) is 0 Å². The van der Waals surface area contributed by atoms with Gasteiger partial charge in [0, 0.05) is 5.75 Å². The van der Waals surface area contributed by atoms with Gasteiger partial charge in [-0.2, -0.15) is 5.26 Å². The Bertz CT molecular complexity index is 586. The largest absolute Gasteiger partial charge is 0.320 e. The zero-order valence-electron chi connectivity index (χ0n) is 16.5. The van der Waals surface area contributed by atoms with E-state index in [1.54, 1.807) is 11.8 Å². The fourth-order valence-electron chi connectivity index (χ4n) is 2.75. The van der Waals surface area contributed by atoms with Crippen molar-refractivity contribution in [2.75, 3.05) is 24.5 Å². The van der Waals surface area contributed by atoms with Crippen molar-refractivity contribution in [1.82, 2.24) is 0 Å². The Balaban J connectivity index is 2.94. The van der Waals surface area contributed by atoms with Crippen LogP contribution in [-0.4, -0.2) is 29.5 Å². The van der Waals surface area contributed by atoms with Gasteiger partial charge in [0.05, 0.1) is 11.5 Å². The maximum absolute atomic E-state index is 9.38. The molecule has 136 valence electrons. The van der Waals surface area contributed by atoms with Crippen molar-refractivity contribution in [3.05, 3.63) is 35.4 Å². The van der Waals surface area contributed by atoms with Crippen LogP contribution in [0, 0.1) is 11.3 Å².